The molecule has 4 rings (SSSR count). The van der Waals surface area contributed by atoms with Crippen LogP contribution in [0.15, 0.2) is 0 Å². The van der Waals surface area contributed by atoms with Gasteiger partial charge in [-0.3, -0.25) is 19.2 Å². The number of nitrogens with one attached hydrogen (secondary N) is 3. The third-order valence-electron chi connectivity index (χ3n) is 6.80. The monoisotopic (exact) mass is 408 g/mol. The fourth-order valence-corrected chi connectivity index (χ4v) is 5.68. The number of primary amides is 1. The molecule has 9 heteroatoms. The van der Waals surface area contributed by atoms with Crippen LogP contribution in [0.25, 0.3) is 0 Å². The van der Waals surface area contributed by atoms with Gasteiger partial charge in [0.15, 0.2) is 0 Å². The smallest absolute Gasteiger partial charge is 0.303 e. The Bertz CT molecular complexity index is 639. The van der Waals surface area contributed by atoms with Crippen LogP contribution in [0.4, 0.5) is 0 Å². The van der Waals surface area contributed by atoms with Crippen molar-refractivity contribution in [1.29, 1.82) is 0 Å². The molecule has 0 unspecified atom stereocenters. The number of hydrogen-bond acceptors (Lipinski definition) is 5. The minimum Gasteiger partial charge on any atom is -0.481 e. The maximum Gasteiger partial charge on any atom is 0.303 e. The Balaban J connectivity index is 1.42. The molecule has 162 valence electrons. The van der Waals surface area contributed by atoms with Gasteiger partial charge in [-0.15, -0.1) is 0 Å². The summed E-state index contributed by atoms with van der Waals surface area (Å²) < 4.78 is 0. The number of carboxylic acid groups (broad SMARTS) is 1. The minimum absolute atomic E-state index is 0.0922. The van der Waals surface area contributed by atoms with Gasteiger partial charge in [-0.1, -0.05) is 0 Å². The minimum atomic E-state index is -1.08. The highest BCUT2D eigenvalue weighted by molar-refractivity contribution is 5.91. The van der Waals surface area contributed by atoms with Crippen molar-refractivity contribution < 1.29 is 24.3 Å². The van der Waals surface area contributed by atoms with Crippen molar-refractivity contribution in [2.24, 2.45) is 29.4 Å². The highest BCUT2D eigenvalue weighted by Gasteiger charge is 2.48. The molecule has 4 aliphatic rings. The summed E-state index contributed by atoms with van der Waals surface area (Å²) in [6.07, 6.45) is 6.04. The van der Waals surface area contributed by atoms with Gasteiger partial charge < -0.3 is 26.8 Å². The molecule has 0 spiro atoms. The predicted molar refractivity (Wildman–Crippen MR) is 104 cm³/mol. The second kappa shape index (κ2) is 9.11. The van der Waals surface area contributed by atoms with E-state index in [1.165, 1.54) is 39.0 Å². The van der Waals surface area contributed by atoms with Crippen molar-refractivity contribution in [1.82, 2.24) is 16.0 Å². The third-order valence-corrected chi connectivity index (χ3v) is 6.80. The summed E-state index contributed by atoms with van der Waals surface area (Å²) in [6.45, 7) is 1.67. The van der Waals surface area contributed by atoms with Crippen LogP contribution < -0.4 is 21.7 Å². The zero-order valence-corrected chi connectivity index (χ0v) is 16.9. The number of aliphatic carboxylic acids is 1. The molecular formula is C20H32N4O5. The Morgan fingerprint density at radius 3 is 2.10 bits per heavy atom. The Morgan fingerprint density at radius 2 is 1.59 bits per heavy atom. The zero-order chi connectivity index (χ0) is 21.1. The van der Waals surface area contributed by atoms with E-state index in [9.17, 15) is 19.2 Å². The zero-order valence-electron chi connectivity index (χ0n) is 16.9. The molecule has 4 fully saturated rings. The van der Waals surface area contributed by atoms with Gasteiger partial charge in [-0.25, -0.2) is 0 Å². The molecule has 3 amide bonds. The number of rotatable bonds is 10. The van der Waals surface area contributed by atoms with Crippen LogP contribution in [-0.2, 0) is 19.2 Å². The van der Waals surface area contributed by atoms with Gasteiger partial charge in [-0.05, 0) is 69.1 Å². The predicted octanol–water partition coefficient (Wildman–Crippen LogP) is -0.260. The van der Waals surface area contributed by atoms with E-state index in [0.29, 0.717) is 17.9 Å². The molecule has 2 atom stereocenters. The van der Waals surface area contributed by atoms with Gasteiger partial charge in [0.1, 0.15) is 12.1 Å². The van der Waals surface area contributed by atoms with Crippen LogP contribution >= 0.6 is 0 Å². The van der Waals surface area contributed by atoms with Crippen molar-refractivity contribution in [3.8, 4) is 0 Å². The molecule has 0 saturated heterocycles. The molecule has 0 radical (unpaired) electrons. The molecule has 0 aromatic heterocycles. The lowest BCUT2D eigenvalue weighted by Gasteiger charge is -2.54. The van der Waals surface area contributed by atoms with Crippen molar-refractivity contribution in [2.75, 3.05) is 6.54 Å². The SMILES string of the molecule is C[C@H](NC(=O)CNC1C2CC3CC(C2)CC1C3)C(=O)N[C@H](CCC(=O)O)C(N)=O. The summed E-state index contributed by atoms with van der Waals surface area (Å²) >= 11 is 0. The van der Waals surface area contributed by atoms with Crippen LogP contribution in [0.2, 0.25) is 0 Å². The van der Waals surface area contributed by atoms with E-state index in [4.69, 9.17) is 10.8 Å². The van der Waals surface area contributed by atoms with E-state index in [-0.39, 0.29) is 25.3 Å². The quantitative estimate of drug-likeness (QED) is 0.336. The molecule has 4 aliphatic carbocycles. The van der Waals surface area contributed by atoms with E-state index in [1.54, 1.807) is 0 Å². The lowest BCUT2D eigenvalue weighted by molar-refractivity contribution is -0.137. The highest BCUT2D eigenvalue weighted by atomic mass is 16.4. The number of nitrogens with two attached hydrogens (primary N) is 1. The van der Waals surface area contributed by atoms with E-state index in [1.807, 2.05) is 0 Å². The Morgan fingerprint density at radius 1 is 1.00 bits per heavy atom. The standard InChI is InChI=1S/C20H32N4O5/c1-10(20(29)24-15(19(21)28)2-3-17(26)27)23-16(25)9-22-18-13-5-11-4-12(7-13)8-14(18)6-11/h10-15,18,22H,2-9H2,1H3,(H2,21,28)(H,23,25)(H,24,29)(H,26,27)/t10-,11?,12?,13?,14?,15+,18?/m0/s1. The fourth-order valence-electron chi connectivity index (χ4n) is 5.68. The third kappa shape index (κ3) is 5.46. The van der Waals surface area contributed by atoms with E-state index < -0.39 is 29.9 Å². The average molecular weight is 408 g/mol. The first kappa shape index (κ1) is 21.5. The molecule has 9 nitrogen and oxygen atoms in total. The van der Waals surface area contributed by atoms with Gasteiger partial charge in [0, 0.05) is 12.5 Å². The Labute approximate surface area is 170 Å². The van der Waals surface area contributed by atoms with Crippen LogP contribution in [-0.4, -0.2) is 53.5 Å². The largest absolute Gasteiger partial charge is 0.481 e. The van der Waals surface area contributed by atoms with Crippen LogP contribution in [0, 0.1) is 23.7 Å². The van der Waals surface area contributed by atoms with Gasteiger partial charge in [-0.2, -0.15) is 0 Å². The van der Waals surface area contributed by atoms with Gasteiger partial charge in [0.25, 0.3) is 0 Å². The molecular weight excluding hydrogens is 376 g/mol. The van der Waals surface area contributed by atoms with Crippen LogP contribution in [0.5, 0.6) is 0 Å². The maximum atomic E-state index is 12.3. The molecule has 4 bridgehead atoms. The topological polar surface area (TPSA) is 151 Å². The molecule has 0 aromatic carbocycles. The summed E-state index contributed by atoms with van der Waals surface area (Å²) in [6, 6.07) is -1.55. The Kier molecular flexibility index (Phi) is 6.77. The first-order chi connectivity index (χ1) is 13.7. The van der Waals surface area contributed by atoms with E-state index >= 15 is 0 Å². The molecule has 0 heterocycles. The molecule has 29 heavy (non-hydrogen) atoms. The van der Waals surface area contributed by atoms with E-state index in [2.05, 4.69) is 16.0 Å². The van der Waals surface area contributed by atoms with Crippen molar-refractivity contribution in [2.45, 2.75) is 70.0 Å². The number of carboxylic acids is 1. The average Bonchev–Trinajstić information content (AvgIpc) is 2.63. The second-order valence-corrected chi connectivity index (χ2v) is 9.02. The molecule has 4 saturated carbocycles. The highest BCUT2D eigenvalue weighted by Crippen LogP contribution is 2.53. The normalized spacial score (nSPS) is 31.7. The lowest BCUT2D eigenvalue weighted by atomic mass is 9.54. The number of hydrogen-bond donors (Lipinski definition) is 5. The summed E-state index contributed by atoms with van der Waals surface area (Å²) in [7, 11) is 0. The number of amides is 3. The molecule has 0 aliphatic heterocycles. The maximum absolute atomic E-state index is 12.3. The number of carbonyl (C=O) groups is 4. The summed E-state index contributed by atoms with van der Waals surface area (Å²) in [5.74, 6) is 0.324. The summed E-state index contributed by atoms with van der Waals surface area (Å²) in [4.78, 5) is 46.6. The summed E-state index contributed by atoms with van der Waals surface area (Å²) in [5.41, 5.74) is 5.22. The first-order valence-corrected chi connectivity index (χ1v) is 10.6. The van der Waals surface area contributed by atoms with Gasteiger partial charge in [0.2, 0.25) is 17.7 Å². The van der Waals surface area contributed by atoms with Crippen molar-refractivity contribution >= 4 is 23.7 Å². The number of carbonyl (C=O) groups excluding carboxylic acids is 3. The van der Waals surface area contributed by atoms with Gasteiger partial charge in [0.05, 0.1) is 6.54 Å². The first-order valence-electron chi connectivity index (χ1n) is 10.6. The van der Waals surface area contributed by atoms with Crippen LogP contribution in [0.1, 0.15) is 51.9 Å². The van der Waals surface area contributed by atoms with Crippen molar-refractivity contribution in [3.05, 3.63) is 0 Å². The molecule has 0 aromatic rings. The van der Waals surface area contributed by atoms with Crippen molar-refractivity contribution in [3.63, 3.8) is 0 Å². The second-order valence-electron chi connectivity index (χ2n) is 9.02. The van der Waals surface area contributed by atoms with Gasteiger partial charge >= 0.3 is 5.97 Å². The van der Waals surface area contributed by atoms with E-state index in [0.717, 1.165) is 11.8 Å². The summed E-state index contributed by atoms with van der Waals surface area (Å²) in [5, 5.41) is 17.2. The molecule has 6 N–H and O–H groups in total. The van der Waals surface area contributed by atoms with Crippen LogP contribution in [0.3, 0.4) is 0 Å². The lowest BCUT2D eigenvalue weighted by Crippen LogP contribution is -2.57. The Hall–Kier alpha value is -2.16. The fraction of sp³-hybridized carbons (Fsp3) is 0.800.